The largest absolute Gasteiger partial charge is 0.361 e. The number of nitrogens with one attached hydrogen (secondary N) is 3. The number of hydrogen-bond donors (Lipinski definition) is 3. The molecule has 1 heterocycles. The van der Waals surface area contributed by atoms with Gasteiger partial charge in [0.2, 0.25) is 11.8 Å². The van der Waals surface area contributed by atoms with E-state index in [0.29, 0.717) is 6.42 Å². The van der Waals surface area contributed by atoms with Gasteiger partial charge in [-0.25, -0.2) is 0 Å². The van der Waals surface area contributed by atoms with Crippen LogP contribution in [0.2, 0.25) is 0 Å². The average molecular weight is 404 g/mol. The summed E-state index contributed by atoms with van der Waals surface area (Å²) in [4.78, 5) is 28.3. The Morgan fingerprint density at radius 3 is 2.67 bits per heavy atom. The van der Waals surface area contributed by atoms with Crippen molar-refractivity contribution in [3.8, 4) is 0 Å². The Bertz CT molecular complexity index is 1080. The molecule has 4 rings (SSSR count). The summed E-state index contributed by atoms with van der Waals surface area (Å²) in [5.41, 5.74) is 4.60. The van der Waals surface area contributed by atoms with E-state index < -0.39 is 6.04 Å². The molecule has 1 aliphatic carbocycles. The van der Waals surface area contributed by atoms with Crippen LogP contribution in [0.1, 0.15) is 56.3 Å². The molecule has 3 aromatic rings. The van der Waals surface area contributed by atoms with Crippen LogP contribution in [-0.2, 0) is 21.4 Å². The third kappa shape index (κ3) is 3.97. The minimum absolute atomic E-state index is 0.0408. The van der Waals surface area contributed by atoms with Gasteiger partial charge in [-0.05, 0) is 41.0 Å². The molecule has 2 amide bonds. The van der Waals surface area contributed by atoms with Gasteiger partial charge in [0.05, 0.1) is 6.04 Å². The lowest BCUT2D eigenvalue weighted by molar-refractivity contribution is -0.128. The van der Waals surface area contributed by atoms with Crippen LogP contribution in [0.3, 0.4) is 0 Å². The Kier molecular flexibility index (Phi) is 5.37. The number of carbonyl (C=O) groups is 2. The second kappa shape index (κ2) is 7.98. The number of aromatic amines is 1. The van der Waals surface area contributed by atoms with Gasteiger partial charge in [0.1, 0.15) is 6.04 Å². The van der Waals surface area contributed by atoms with Gasteiger partial charge in [0.25, 0.3) is 0 Å². The summed E-state index contributed by atoms with van der Waals surface area (Å²) in [5.74, 6) is -0.352. The fourth-order valence-corrected chi connectivity index (χ4v) is 4.61. The van der Waals surface area contributed by atoms with Gasteiger partial charge in [0, 0.05) is 30.4 Å². The van der Waals surface area contributed by atoms with Crippen LogP contribution >= 0.6 is 0 Å². The minimum atomic E-state index is -0.621. The van der Waals surface area contributed by atoms with Gasteiger partial charge in [0.15, 0.2) is 0 Å². The first-order valence-corrected chi connectivity index (χ1v) is 10.6. The summed E-state index contributed by atoms with van der Waals surface area (Å²) < 4.78 is 0. The number of benzene rings is 2. The highest BCUT2D eigenvalue weighted by Gasteiger charge is 2.34. The molecule has 0 radical (unpaired) electrons. The van der Waals surface area contributed by atoms with E-state index in [4.69, 9.17) is 0 Å². The highest BCUT2D eigenvalue weighted by Crippen LogP contribution is 2.41. The molecule has 3 N–H and O–H groups in total. The Morgan fingerprint density at radius 1 is 1.13 bits per heavy atom. The van der Waals surface area contributed by atoms with Crippen molar-refractivity contribution in [2.75, 3.05) is 0 Å². The zero-order chi connectivity index (χ0) is 21.3. The first-order chi connectivity index (χ1) is 14.3. The molecule has 0 saturated carbocycles. The summed E-state index contributed by atoms with van der Waals surface area (Å²) in [6, 6.07) is 15.7. The van der Waals surface area contributed by atoms with Crippen molar-refractivity contribution in [1.82, 2.24) is 15.6 Å². The maximum atomic E-state index is 13.2. The van der Waals surface area contributed by atoms with E-state index in [1.165, 1.54) is 18.1 Å². The number of H-pyrrole nitrogens is 1. The van der Waals surface area contributed by atoms with E-state index in [1.54, 1.807) is 0 Å². The molecule has 156 valence electrons. The summed E-state index contributed by atoms with van der Waals surface area (Å²) in [7, 11) is 0. The number of carbonyl (C=O) groups excluding carboxylic acids is 2. The fraction of sp³-hybridized carbons (Fsp3) is 0.360. The molecule has 30 heavy (non-hydrogen) atoms. The van der Waals surface area contributed by atoms with Crippen molar-refractivity contribution in [3.63, 3.8) is 0 Å². The van der Waals surface area contributed by atoms with Crippen LogP contribution in [-0.4, -0.2) is 22.8 Å². The molecule has 0 bridgehead atoms. The smallest absolute Gasteiger partial charge is 0.243 e. The zero-order valence-electron chi connectivity index (χ0n) is 17.8. The molecule has 0 spiro atoms. The molecule has 5 heteroatoms. The van der Waals surface area contributed by atoms with E-state index >= 15 is 0 Å². The van der Waals surface area contributed by atoms with E-state index in [9.17, 15) is 9.59 Å². The normalized spacial score (nSPS) is 18.4. The van der Waals surface area contributed by atoms with Gasteiger partial charge in [-0.1, -0.05) is 56.3 Å². The van der Waals surface area contributed by atoms with Gasteiger partial charge in [-0.3, -0.25) is 9.59 Å². The van der Waals surface area contributed by atoms with Gasteiger partial charge >= 0.3 is 0 Å². The first-order valence-electron chi connectivity index (χ1n) is 10.6. The monoisotopic (exact) mass is 403 g/mol. The Morgan fingerprint density at radius 2 is 1.87 bits per heavy atom. The van der Waals surface area contributed by atoms with Crippen molar-refractivity contribution in [1.29, 1.82) is 0 Å². The molecule has 1 aliphatic rings. The molecule has 2 unspecified atom stereocenters. The summed E-state index contributed by atoms with van der Waals surface area (Å²) >= 11 is 0. The summed E-state index contributed by atoms with van der Waals surface area (Å²) in [6.07, 6.45) is 4.25. The van der Waals surface area contributed by atoms with Crippen LogP contribution < -0.4 is 10.6 Å². The Hall–Kier alpha value is -3.08. The number of para-hydroxylation sites is 1. The van der Waals surface area contributed by atoms with E-state index in [1.807, 2.05) is 36.5 Å². The topological polar surface area (TPSA) is 74.0 Å². The second-order valence-corrected chi connectivity index (χ2v) is 8.89. The quantitative estimate of drug-likeness (QED) is 0.599. The van der Waals surface area contributed by atoms with Gasteiger partial charge in [-0.15, -0.1) is 0 Å². The summed E-state index contributed by atoms with van der Waals surface area (Å²) in [5, 5.41) is 7.14. The lowest BCUT2D eigenvalue weighted by Gasteiger charge is -2.37. The second-order valence-electron chi connectivity index (χ2n) is 8.89. The average Bonchev–Trinajstić information content (AvgIpc) is 3.12. The van der Waals surface area contributed by atoms with Crippen molar-refractivity contribution in [2.24, 2.45) is 0 Å². The van der Waals surface area contributed by atoms with Crippen LogP contribution in [0, 0.1) is 0 Å². The van der Waals surface area contributed by atoms with E-state index in [-0.39, 0.29) is 23.3 Å². The fourth-order valence-electron chi connectivity index (χ4n) is 4.61. The Balaban J connectivity index is 1.57. The number of amides is 2. The molecule has 0 saturated heterocycles. The number of hydrogen-bond acceptors (Lipinski definition) is 2. The van der Waals surface area contributed by atoms with Crippen molar-refractivity contribution in [3.05, 3.63) is 71.4 Å². The molecule has 1 aromatic heterocycles. The number of fused-ring (bicyclic) bond motifs is 2. The van der Waals surface area contributed by atoms with Crippen molar-refractivity contribution >= 4 is 22.7 Å². The SMILES string of the molecule is CC(=O)NC(Cc1c[nH]c2ccccc12)C(=O)NC1CCC(C)(C)c2ccccc21. The van der Waals surface area contributed by atoms with Crippen molar-refractivity contribution < 1.29 is 9.59 Å². The van der Waals surface area contributed by atoms with Crippen LogP contribution in [0.4, 0.5) is 0 Å². The van der Waals surface area contributed by atoms with Crippen LogP contribution in [0.5, 0.6) is 0 Å². The summed E-state index contributed by atoms with van der Waals surface area (Å²) in [6.45, 7) is 5.95. The maximum absolute atomic E-state index is 13.2. The van der Waals surface area contributed by atoms with E-state index in [2.05, 4.69) is 47.7 Å². The zero-order valence-corrected chi connectivity index (χ0v) is 17.8. The third-order valence-electron chi connectivity index (χ3n) is 6.23. The molecule has 0 fully saturated rings. The van der Waals surface area contributed by atoms with Gasteiger partial charge in [-0.2, -0.15) is 0 Å². The minimum Gasteiger partial charge on any atom is -0.361 e. The third-order valence-corrected chi connectivity index (χ3v) is 6.23. The molecular weight excluding hydrogens is 374 g/mol. The number of rotatable bonds is 5. The molecule has 0 aliphatic heterocycles. The molecule has 2 atom stereocenters. The molecular formula is C25H29N3O2. The van der Waals surface area contributed by atoms with Gasteiger partial charge < -0.3 is 15.6 Å². The number of aromatic nitrogens is 1. The van der Waals surface area contributed by atoms with Crippen LogP contribution in [0.25, 0.3) is 10.9 Å². The highest BCUT2D eigenvalue weighted by atomic mass is 16.2. The van der Waals surface area contributed by atoms with Crippen LogP contribution in [0.15, 0.2) is 54.7 Å². The Labute approximate surface area is 177 Å². The lowest BCUT2D eigenvalue weighted by atomic mass is 9.71. The standard InChI is InChI=1S/C25H29N3O2/c1-16(29)27-23(14-17-15-26-21-11-7-5-8-18(17)21)24(30)28-22-12-13-25(2,3)20-10-6-4-9-19(20)22/h4-11,15,22-23,26H,12-14H2,1-3H3,(H,27,29)(H,28,30). The predicted octanol–water partition coefficient (Wildman–Crippen LogP) is 4.14. The maximum Gasteiger partial charge on any atom is 0.243 e. The van der Waals surface area contributed by atoms with E-state index in [0.717, 1.165) is 29.3 Å². The lowest BCUT2D eigenvalue weighted by Crippen LogP contribution is -2.49. The molecule has 2 aromatic carbocycles. The van der Waals surface area contributed by atoms with Crippen molar-refractivity contribution in [2.45, 2.75) is 57.5 Å². The first kappa shape index (κ1) is 20.2. The molecule has 5 nitrogen and oxygen atoms in total. The highest BCUT2D eigenvalue weighted by molar-refractivity contribution is 5.89. The predicted molar refractivity (Wildman–Crippen MR) is 119 cm³/mol.